The van der Waals surface area contributed by atoms with Crippen molar-refractivity contribution in [2.24, 2.45) is 0 Å². The Morgan fingerprint density at radius 3 is 3.00 bits per heavy atom. The highest BCUT2D eigenvalue weighted by Gasteiger charge is 2.37. The van der Waals surface area contributed by atoms with Gasteiger partial charge >= 0.3 is 6.55 Å². The molecular weight excluding hydrogens is 380 g/mol. The smallest absolute Gasteiger partial charge is 0.333 e. The third-order valence-electron chi connectivity index (χ3n) is 5.17. The Morgan fingerprint density at radius 2 is 2.17 bits per heavy atom. The molecule has 1 atom stereocenters. The van der Waals surface area contributed by atoms with Gasteiger partial charge in [0.15, 0.2) is 0 Å². The molecule has 1 aliphatic heterocycles. The number of aromatic amines is 1. The second-order valence-corrected chi connectivity index (χ2v) is 7.00. The summed E-state index contributed by atoms with van der Waals surface area (Å²) < 4.78 is 28.7. The first kappa shape index (κ1) is 17.5. The average Bonchev–Trinajstić information content (AvgIpc) is 3.43. The van der Waals surface area contributed by atoms with E-state index in [2.05, 4.69) is 20.2 Å². The van der Waals surface area contributed by atoms with Crippen molar-refractivity contribution in [2.75, 3.05) is 6.54 Å². The summed E-state index contributed by atoms with van der Waals surface area (Å²) in [6.07, 6.45) is 5.22. The number of H-pyrrole nitrogens is 1. The Hall–Kier alpha value is -3.56. The zero-order valence-electron chi connectivity index (χ0n) is 15.5. The number of nitrogens with zero attached hydrogens (tertiary/aromatic N) is 6. The predicted octanol–water partition coefficient (Wildman–Crippen LogP) is 2.75. The Morgan fingerprint density at radius 1 is 1.31 bits per heavy atom. The largest absolute Gasteiger partial charge is 0.348 e. The number of rotatable bonds is 3. The first-order chi connectivity index (χ1) is 14.0. The molecule has 1 amide bonds. The second-order valence-electron chi connectivity index (χ2n) is 7.00. The molecule has 0 saturated carbocycles. The number of pyridine rings is 1. The van der Waals surface area contributed by atoms with Crippen LogP contribution in [0.4, 0.5) is 8.78 Å². The van der Waals surface area contributed by atoms with E-state index in [9.17, 15) is 13.6 Å². The molecule has 1 aliphatic rings. The maximum atomic E-state index is 13.3. The van der Waals surface area contributed by atoms with Crippen molar-refractivity contribution in [2.45, 2.75) is 25.9 Å². The molecule has 8 nitrogen and oxygen atoms in total. The zero-order chi connectivity index (χ0) is 20.1. The van der Waals surface area contributed by atoms with E-state index < -0.39 is 18.5 Å². The highest BCUT2D eigenvalue weighted by Crippen LogP contribution is 2.34. The molecular formula is C19H17F2N7O. The van der Waals surface area contributed by atoms with Crippen LogP contribution in [0.3, 0.4) is 0 Å². The standard InChI is InChI=1S/C19H17F2N7O/c1-11-2-3-12-8-14(25-27(12)9-11)17-16-13(22-10-23-16)5-7-26(17)18(29)15-4-6-24-28(15)19(20)21/h2-4,6,8-10,17,19H,5,7H2,1H3,(H,22,23)/t17-/m1/s1. The number of aryl methyl sites for hydroxylation is 1. The summed E-state index contributed by atoms with van der Waals surface area (Å²) in [5, 5.41) is 8.23. The molecule has 4 aromatic rings. The summed E-state index contributed by atoms with van der Waals surface area (Å²) in [7, 11) is 0. The van der Waals surface area contributed by atoms with Crippen LogP contribution in [0.15, 0.2) is 43.0 Å². The molecule has 10 heteroatoms. The lowest BCUT2D eigenvalue weighted by atomic mass is 9.99. The number of carbonyl (C=O) groups excluding carboxylic acids is 1. The van der Waals surface area contributed by atoms with Crippen molar-refractivity contribution in [1.82, 2.24) is 34.3 Å². The number of hydrogen-bond donors (Lipinski definition) is 1. The van der Waals surface area contributed by atoms with Gasteiger partial charge < -0.3 is 9.88 Å². The molecule has 0 spiro atoms. The normalized spacial score (nSPS) is 16.6. The number of imidazole rings is 1. The van der Waals surface area contributed by atoms with Crippen LogP contribution < -0.4 is 0 Å². The van der Waals surface area contributed by atoms with Gasteiger partial charge in [0.1, 0.15) is 11.7 Å². The van der Waals surface area contributed by atoms with E-state index in [4.69, 9.17) is 0 Å². The van der Waals surface area contributed by atoms with Gasteiger partial charge in [-0.2, -0.15) is 23.7 Å². The van der Waals surface area contributed by atoms with E-state index in [1.54, 1.807) is 10.8 Å². The molecule has 0 saturated heterocycles. The van der Waals surface area contributed by atoms with Crippen LogP contribution in [0.5, 0.6) is 0 Å². The van der Waals surface area contributed by atoms with Gasteiger partial charge in [-0.3, -0.25) is 4.79 Å². The summed E-state index contributed by atoms with van der Waals surface area (Å²) >= 11 is 0. The van der Waals surface area contributed by atoms with Gasteiger partial charge in [0.05, 0.1) is 23.2 Å². The lowest BCUT2D eigenvalue weighted by Crippen LogP contribution is -2.41. The average molecular weight is 397 g/mol. The molecule has 0 bridgehead atoms. The quantitative estimate of drug-likeness (QED) is 0.576. The molecule has 148 valence electrons. The predicted molar refractivity (Wildman–Crippen MR) is 98.6 cm³/mol. The number of hydrogen-bond acceptors (Lipinski definition) is 4. The molecule has 0 radical (unpaired) electrons. The fraction of sp³-hybridized carbons (Fsp3) is 0.263. The highest BCUT2D eigenvalue weighted by atomic mass is 19.3. The topological polar surface area (TPSA) is 84.1 Å². The fourth-order valence-electron chi connectivity index (χ4n) is 3.82. The molecule has 0 fully saturated rings. The van der Waals surface area contributed by atoms with Crippen molar-refractivity contribution in [3.63, 3.8) is 0 Å². The number of halogens is 2. The Kier molecular flexibility index (Phi) is 3.93. The van der Waals surface area contributed by atoms with Crippen molar-refractivity contribution in [3.8, 4) is 0 Å². The lowest BCUT2D eigenvalue weighted by Gasteiger charge is -2.33. The van der Waals surface area contributed by atoms with Gasteiger partial charge in [-0.05, 0) is 30.7 Å². The molecule has 5 rings (SSSR count). The number of nitrogens with one attached hydrogen (secondary N) is 1. The van der Waals surface area contributed by atoms with Crippen molar-refractivity contribution < 1.29 is 13.6 Å². The van der Waals surface area contributed by atoms with Gasteiger partial charge in [-0.25, -0.2) is 9.50 Å². The van der Waals surface area contributed by atoms with Crippen LogP contribution in [-0.4, -0.2) is 46.7 Å². The Bertz CT molecular complexity index is 1210. The van der Waals surface area contributed by atoms with E-state index in [1.807, 2.05) is 31.3 Å². The molecule has 0 aliphatic carbocycles. The molecule has 1 N–H and O–H groups in total. The summed E-state index contributed by atoms with van der Waals surface area (Å²) in [4.78, 5) is 22.3. The van der Waals surface area contributed by atoms with Crippen molar-refractivity contribution in [3.05, 3.63) is 71.3 Å². The summed E-state index contributed by atoms with van der Waals surface area (Å²) in [6.45, 7) is -0.583. The van der Waals surface area contributed by atoms with Crippen LogP contribution in [-0.2, 0) is 6.42 Å². The minimum Gasteiger partial charge on any atom is -0.348 e. The molecule has 5 heterocycles. The Balaban J connectivity index is 1.62. The van der Waals surface area contributed by atoms with Crippen LogP contribution in [0, 0.1) is 6.92 Å². The van der Waals surface area contributed by atoms with E-state index in [0.717, 1.165) is 16.8 Å². The van der Waals surface area contributed by atoms with E-state index in [0.29, 0.717) is 29.0 Å². The maximum Gasteiger partial charge on any atom is 0.333 e. The molecule has 29 heavy (non-hydrogen) atoms. The zero-order valence-corrected chi connectivity index (χ0v) is 15.5. The Labute approximate surface area is 163 Å². The minimum absolute atomic E-state index is 0.163. The number of alkyl halides is 2. The third-order valence-corrected chi connectivity index (χ3v) is 5.17. The second kappa shape index (κ2) is 6.50. The first-order valence-electron chi connectivity index (χ1n) is 9.13. The van der Waals surface area contributed by atoms with Crippen LogP contribution >= 0.6 is 0 Å². The van der Waals surface area contributed by atoms with E-state index in [-0.39, 0.29) is 5.69 Å². The SMILES string of the molecule is Cc1ccc2cc([C@@H]3c4nc[nH]c4CCN3C(=O)c3ccnn3C(F)F)nn2c1. The number of amides is 1. The van der Waals surface area contributed by atoms with Gasteiger partial charge in [0.2, 0.25) is 0 Å². The highest BCUT2D eigenvalue weighted by molar-refractivity contribution is 5.93. The first-order valence-corrected chi connectivity index (χ1v) is 9.13. The third kappa shape index (κ3) is 2.79. The van der Waals surface area contributed by atoms with Crippen LogP contribution in [0.1, 0.15) is 45.7 Å². The van der Waals surface area contributed by atoms with E-state index >= 15 is 0 Å². The van der Waals surface area contributed by atoms with E-state index in [1.165, 1.54) is 17.2 Å². The summed E-state index contributed by atoms with van der Waals surface area (Å²) in [5.74, 6) is -0.533. The lowest BCUT2D eigenvalue weighted by molar-refractivity contribution is 0.0441. The van der Waals surface area contributed by atoms with Crippen molar-refractivity contribution >= 4 is 11.4 Å². The monoisotopic (exact) mass is 397 g/mol. The van der Waals surface area contributed by atoms with Gasteiger partial charge in [0.25, 0.3) is 5.91 Å². The molecule has 4 aromatic heterocycles. The number of fused-ring (bicyclic) bond motifs is 2. The summed E-state index contributed by atoms with van der Waals surface area (Å²) in [6, 6.07) is 6.53. The molecule has 0 unspecified atom stereocenters. The number of aromatic nitrogens is 6. The van der Waals surface area contributed by atoms with Crippen LogP contribution in [0.25, 0.3) is 5.52 Å². The van der Waals surface area contributed by atoms with Gasteiger partial charge in [0, 0.05) is 31.1 Å². The summed E-state index contributed by atoms with van der Waals surface area (Å²) in [5.41, 5.74) is 3.97. The number of carbonyl (C=O) groups is 1. The molecule has 0 aromatic carbocycles. The van der Waals surface area contributed by atoms with Crippen molar-refractivity contribution in [1.29, 1.82) is 0 Å². The van der Waals surface area contributed by atoms with Crippen LogP contribution in [0.2, 0.25) is 0 Å². The van der Waals surface area contributed by atoms with Gasteiger partial charge in [-0.1, -0.05) is 6.07 Å². The van der Waals surface area contributed by atoms with Gasteiger partial charge in [-0.15, -0.1) is 0 Å². The minimum atomic E-state index is -2.90. The fourth-order valence-corrected chi connectivity index (χ4v) is 3.82. The maximum absolute atomic E-state index is 13.3.